The molecule has 0 saturated carbocycles. The molecule has 0 aliphatic rings. The highest BCUT2D eigenvalue weighted by molar-refractivity contribution is 5.62. The number of nitrogens with zero attached hydrogens (tertiary/aromatic N) is 2. The first-order chi connectivity index (χ1) is 9.22. The van der Waals surface area contributed by atoms with Crippen LogP contribution in [0.4, 0.5) is 5.69 Å². The number of benzene rings is 1. The van der Waals surface area contributed by atoms with Crippen LogP contribution in [0, 0.1) is 6.92 Å². The Bertz CT molecular complexity index is 701. The van der Waals surface area contributed by atoms with Crippen LogP contribution in [-0.4, -0.2) is 9.97 Å². The fourth-order valence-electron chi connectivity index (χ4n) is 1.84. The predicted molar refractivity (Wildman–Crippen MR) is 74.3 cm³/mol. The molecule has 19 heavy (non-hydrogen) atoms. The summed E-state index contributed by atoms with van der Waals surface area (Å²) in [5.74, 6) is 2.27. The summed E-state index contributed by atoms with van der Waals surface area (Å²) in [7, 11) is 0. The predicted octanol–water partition coefficient (Wildman–Crippen LogP) is 3.29. The Balaban J connectivity index is 2.02. The summed E-state index contributed by atoms with van der Waals surface area (Å²) in [6.07, 6.45) is 1.73. The minimum absolute atomic E-state index is 0.659. The molecule has 0 aliphatic carbocycles. The molecule has 2 heterocycles. The summed E-state index contributed by atoms with van der Waals surface area (Å²) in [6, 6.07) is 13.1. The van der Waals surface area contributed by atoms with Crippen molar-refractivity contribution in [1.29, 1.82) is 0 Å². The molecule has 0 amide bonds. The van der Waals surface area contributed by atoms with Gasteiger partial charge >= 0.3 is 0 Å². The van der Waals surface area contributed by atoms with Crippen LogP contribution in [0.1, 0.15) is 5.76 Å². The van der Waals surface area contributed by atoms with Gasteiger partial charge in [-0.15, -0.1) is 0 Å². The molecule has 3 aromatic rings. The standard InChI is InChI=1S/C15H13N3O/c1-10-2-7-14(19-10)13-8-9-17-15(18-13)11-3-5-12(16)6-4-11/h2-9H,16H2,1H3. The van der Waals surface area contributed by atoms with Crippen molar-refractivity contribution in [3.8, 4) is 22.8 Å². The maximum absolute atomic E-state index is 5.67. The summed E-state index contributed by atoms with van der Waals surface area (Å²) in [4.78, 5) is 8.79. The van der Waals surface area contributed by atoms with Crippen molar-refractivity contribution in [2.75, 3.05) is 5.73 Å². The van der Waals surface area contributed by atoms with Gasteiger partial charge in [0.15, 0.2) is 11.6 Å². The normalized spacial score (nSPS) is 10.6. The number of nitrogens with two attached hydrogens (primary N) is 1. The Morgan fingerprint density at radius 2 is 1.79 bits per heavy atom. The second kappa shape index (κ2) is 4.57. The van der Waals surface area contributed by atoms with Crippen molar-refractivity contribution in [3.05, 3.63) is 54.4 Å². The molecule has 3 rings (SSSR count). The first kappa shape index (κ1) is 11.5. The van der Waals surface area contributed by atoms with Crippen LogP contribution < -0.4 is 5.73 Å². The van der Waals surface area contributed by atoms with E-state index in [1.807, 2.05) is 49.4 Å². The van der Waals surface area contributed by atoms with E-state index in [0.29, 0.717) is 5.82 Å². The lowest BCUT2D eigenvalue weighted by atomic mass is 10.2. The number of hydrogen-bond acceptors (Lipinski definition) is 4. The molecule has 0 spiro atoms. The summed E-state index contributed by atoms with van der Waals surface area (Å²) < 4.78 is 5.57. The second-order valence-electron chi connectivity index (χ2n) is 4.30. The summed E-state index contributed by atoms with van der Waals surface area (Å²) >= 11 is 0. The number of hydrogen-bond donors (Lipinski definition) is 1. The topological polar surface area (TPSA) is 64.9 Å². The van der Waals surface area contributed by atoms with E-state index >= 15 is 0 Å². The maximum atomic E-state index is 5.67. The monoisotopic (exact) mass is 251 g/mol. The number of nitrogen functional groups attached to an aromatic ring is 1. The molecule has 2 N–H and O–H groups in total. The lowest BCUT2D eigenvalue weighted by Crippen LogP contribution is -1.91. The number of aryl methyl sites for hydroxylation is 1. The molecule has 0 bridgehead atoms. The van der Waals surface area contributed by atoms with E-state index < -0.39 is 0 Å². The number of anilines is 1. The minimum Gasteiger partial charge on any atom is -0.460 e. The van der Waals surface area contributed by atoms with Crippen molar-refractivity contribution < 1.29 is 4.42 Å². The molecule has 0 unspecified atom stereocenters. The van der Waals surface area contributed by atoms with Gasteiger partial charge in [-0.2, -0.15) is 0 Å². The first-order valence-electron chi connectivity index (χ1n) is 5.98. The molecular weight excluding hydrogens is 238 g/mol. The Labute approximate surface area is 110 Å². The van der Waals surface area contributed by atoms with E-state index in [1.54, 1.807) is 6.20 Å². The van der Waals surface area contributed by atoms with Crippen LogP contribution in [0.5, 0.6) is 0 Å². The van der Waals surface area contributed by atoms with E-state index in [-0.39, 0.29) is 0 Å². The summed E-state index contributed by atoms with van der Waals surface area (Å²) in [6.45, 7) is 1.91. The van der Waals surface area contributed by atoms with Gasteiger partial charge in [0.25, 0.3) is 0 Å². The highest BCUT2D eigenvalue weighted by Crippen LogP contribution is 2.22. The van der Waals surface area contributed by atoms with Gasteiger partial charge in [-0.3, -0.25) is 0 Å². The Morgan fingerprint density at radius 3 is 2.47 bits per heavy atom. The van der Waals surface area contributed by atoms with Gasteiger partial charge < -0.3 is 10.2 Å². The van der Waals surface area contributed by atoms with Crippen LogP contribution in [0.3, 0.4) is 0 Å². The van der Waals surface area contributed by atoms with Crippen LogP contribution in [0.25, 0.3) is 22.8 Å². The van der Waals surface area contributed by atoms with Crippen molar-refractivity contribution in [3.63, 3.8) is 0 Å². The molecular formula is C15H13N3O. The molecule has 0 atom stereocenters. The van der Waals surface area contributed by atoms with Gasteiger partial charge in [0.05, 0.1) is 0 Å². The van der Waals surface area contributed by atoms with E-state index in [2.05, 4.69) is 9.97 Å². The van der Waals surface area contributed by atoms with Crippen LogP contribution in [0.15, 0.2) is 53.1 Å². The average molecular weight is 251 g/mol. The van der Waals surface area contributed by atoms with Gasteiger partial charge in [0.2, 0.25) is 0 Å². The summed E-state index contributed by atoms with van der Waals surface area (Å²) in [5, 5.41) is 0. The Hall–Kier alpha value is -2.62. The molecule has 1 aromatic carbocycles. The fraction of sp³-hybridized carbons (Fsp3) is 0.0667. The molecule has 2 aromatic heterocycles. The molecule has 0 fully saturated rings. The third-order valence-electron chi connectivity index (χ3n) is 2.82. The molecule has 0 aliphatic heterocycles. The highest BCUT2D eigenvalue weighted by atomic mass is 16.3. The summed E-state index contributed by atoms with van der Waals surface area (Å²) in [5.41, 5.74) is 8.10. The van der Waals surface area contributed by atoms with Gasteiger partial charge in [-0.05, 0) is 49.4 Å². The molecule has 4 heteroatoms. The third-order valence-corrected chi connectivity index (χ3v) is 2.82. The number of aromatic nitrogens is 2. The Morgan fingerprint density at radius 1 is 1.00 bits per heavy atom. The number of rotatable bonds is 2. The third kappa shape index (κ3) is 2.33. The van der Waals surface area contributed by atoms with Crippen molar-refractivity contribution in [1.82, 2.24) is 9.97 Å². The second-order valence-corrected chi connectivity index (χ2v) is 4.30. The average Bonchev–Trinajstić information content (AvgIpc) is 2.86. The number of furan rings is 1. The molecule has 94 valence electrons. The molecule has 0 saturated heterocycles. The van der Waals surface area contributed by atoms with Crippen molar-refractivity contribution in [2.45, 2.75) is 6.92 Å². The highest BCUT2D eigenvalue weighted by Gasteiger charge is 2.07. The zero-order chi connectivity index (χ0) is 13.2. The van der Waals surface area contributed by atoms with Crippen LogP contribution in [0.2, 0.25) is 0 Å². The van der Waals surface area contributed by atoms with Gasteiger partial charge in [-0.1, -0.05) is 0 Å². The molecule has 4 nitrogen and oxygen atoms in total. The maximum Gasteiger partial charge on any atom is 0.159 e. The van der Waals surface area contributed by atoms with E-state index in [0.717, 1.165) is 28.5 Å². The lowest BCUT2D eigenvalue weighted by Gasteiger charge is -2.02. The van der Waals surface area contributed by atoms with E-state index in [9.17, 15) is 0 Å². The van der Waals surface area contributed by atoms with E-state index in [4.69, 9.17) is 10.2 Å². The van der Waals surface area contributed by atoms with Crippen molar-refractivity contribution in [2.24, 2.45) is 0 Å². The first-order valence-corrected chi connectivity index (χ1v) is 5.98. The van der Waals surface area contributed by atoms with Gasteiger partial charge in [0.1, 0.15) is 11.5 Å². The quantitative estimate of drug-likeness (QED) is 0.710. The molecule has 0 radical (unpaired) electrons. The van der Waals surface area contributed by atoms with Crippen LogP contribution >= 0.6 is 0 Å². The largest absolute Gasteiger partial charge is 0.460 e. The van der Waals surface area contributed by atoms with Gasteiger partial charge in [-0.25, -0.2) is 9.97 Å². The SMILES string of the molecule is Cc1ccc(-c2ccnc(-c3ccc(N)cc3)n2)o1. The zero-order valence-corrected chi connectivity index (χ0v) is 10.5. The van der Waals surface area contributed by atoms with Crippen molar-refractivity contribution >= 4 is 5.69 Å². The fourth-order valence-corrected chi connectivity index (χ4v) is 1.84. The smallest absolute Gasteiger partial charge is 0.159 e. The Kier molecular flexibility index (Phi) is 2.76. The van der Waals surface area contributed by atoms with Gasteiger partial charge in [0, 0.05) is 17.4 Å². The lowest BCUT2D eigenvalue weighted by molar-refractivity contribution is 0.546. The van der Waals surface area contributed by atoms with E-state index in [1.165, 1.54) is 0 Å². The zero-order valence-electron chi connectivity index (χ0n) is 10.5. The minimum atomic E-state index is 0.659. The van der Waals surface area contributed by atoms with Crippen LogP contribution in [-0.2, 0) is 0 Å².